The number of imidazole rings is 1. The van der Waals surface area contributed by atoms with Gasteiger partial charge in [-0.15, -0.1) is 13.2 Å². The zero-order chi connectivity index (χ0) is 26.3. The van der Waals surface area contributed by atoms with Gasteiger partial charge in [-0.2, -0.15) is 0 Å². The fourth-order valence-electron chi connectivity index (χ4n) is 5.35. The lowest BCUT2D eigenvalue weighted by Gasteiger charge is -2.22. The first-order chi connectivity index (χ1) is 17.4. The van der Waals surface area contributed by atoms with Gasteiger partial charge >= 0.3 is 6.36 Å². The minimum atomic E-state index is -4.93. The first kappa shape index (κ1) is 23.5. The summed E-state index contributed by atoms with van der Waals surface area (Å²) in [6, 6.07) is 13.0. The molecule has 6 rings (SSSR count). The first-order valence-corrected chi connectivity index (χ1v) is 11.7. The summed E-state index contributed by atoms with van der Waals surface area (Å²) >= 11 is 0. The molecular weight excluding hydrogens is 488 g/mol. The molecule has 0 unspecified atom stereocenters. The summed E-state index contributed by atoms with van der Waals surface area (Å²) in [6.45, 7) is 3.75. The van der Waals surface area contributed by atoms with Gasteiger partial charge in [0.2, 0.25) is 0 Å². The van der Waals surface area contributed by atoms with E-state index in [1.807, 2.05) is 26.0 Å². The van der Waals surface area contributed by atoms with Gasteiger partial charge in [-0.05, 0) is 49.6 Å². The molecular formula is C27H22F4N4O2. The number of nitrogens with one attached hydrogen (secondary N) is 1. The summed E-state index contributed by atoms with van der Waals surface area (Å²) in [5, 5.41) is 2.85. The van der Waals surface area contributed by atoms with Crippen molar-refractivity contribution in [2.45, 2.75) is 44.3 Å². The maximum atomic E-state index is 15.2. The van der Waals surface area contributed by atoms with Gasteiger partial charge in [-0.25, -0.2) is 9.37 Å². The predicted molar refractivity (Wildman–Crippen MR) is 128 cm³/mol. The number of rotatable bonds is 3. The highest BCUT2D eigenvalue weighted by molar-refractivity contribution is 5.98. The second-order valence-corrected chi connectivity index (χ2v) is 10.0. The summed E-state index contributed by atoms with van der Waals surface area (Å²) in [5.41, 5.74) is 8.55. The van der Waals surface area contributed by atoms with E-state index in [9.17, 15) is 18.0 Å². The molecule has 0 saturated carbocycles. The lowest BCUT2D eigenvalue weighted by Crippen LogP contribution is -2.28. The molecule has 0 spiro atoms. The lowest BCUT2D eigenvalue weighted by molar-refractivity contribution is -0.275. The molecule has 10 heteroatoms. The highest BCUT2D eigenvalue weighted by Gasteiger charge is 2.43. The number of benzene rings is 3. The normalized spacial score (nSPS) is 18.8. The van der Waals surface area contributed by atoms with Crippen molar-refractivity contribution in [3.8, 4) is 16.9 Å². The van der Waals surface area contributed by atoms with Gasteiger partial charge in [0.15, 0.2) is 0 Å². The summed E-state index contributed by atoms with van der Waals surface area (Å²) in [6.07, 6.45) is -4.64. The van der Waals surface area contributed by atoms with Crippen LogP contribution in [0.15, 0.2) is 54.6 Å². The van der Waals surface area contributed by atoms with E-state index < -0.39 is 41.5 Å². The van der Waals surface area contributed by atoms with Crippen LogP contribution in [0, 0.1) is 5.82 Å². The number of hydrogen-bond donors (Lipinski definition) is 2. The van der Waals surface area contributed by atoms with Crippen LogP contribution in [0.3, 0.4) is 0 Å². The molecule has 6 nitrogen and oxygen atoms in total. The number of halogens is 4. The number of ether oxygens (including phenoxy) is 1. The molecule has 2 aliphatic rings. The summed E-state index contributed by atoms with van der Waals surface area (Å²) < 4.78 is 61.0. The number of hydrogen-bond acceptors (Lipinski definition) is 4. The molecule has 0 saturated heterocycles. The molecule has 0 aliphatic carbocycles. The minimum absolute atomic E-state index is 0.101. The summed E-state index contributed by atoms with van der Waals surface area (Å²) in [4.78, 5) is 17.4. The Morgan fingerprint density at radius 1 is 1.08 bits per heavy atom. The van der Waals surface area contributed by atoms with E-state index in [-0.39, 0.29) is 11.1 Å². The van der Waals surface area contributed by atoms with Crippen LogP contribution >= 0.6 is 0 Å². The molecule has 190 valence electrons. The highest BCUT2D eigenvalue weighted by atomic mass is 19.4. The number of fused-ring (bicyclic) bond motifs is 9. The Morgan fingerprint density at radius 3 is 2.49 bits per heavy atom. The maximum absolute atomic E-state index is 15.2. The third kappa shape index (κ3) is 3.83. The zero-order valence-corrected chi connectivity index (χ0v) is 19.9. The molecule has 37 heavy (non-hydrogen) atoms. The van der Waals surface area contributed by atoms with Crippen LogP contribution in [-0.4, -0.2) is 21.8 Å². The van der Waals surface area contributed by atoms with Gasteiger partial charge in [0.1, 0.15) is 17.4 Å². The molecule has 3 N–H and O–H groups in total. The molecule has 3 heterocycles. The van der Waals surface area contributed by atoms with Gasteiger partial charge in [-0.3, -0.25) is 4.79 Å². The molecule has 1 amide bonds. The van der Waals surface area contributed by atoms with E-state index in [2.05, 4.69) is 15.0 Å². The van der Waals surface area contributed by atoms with E-state index >= 15 is 4.39 Å². The molecule has 2 atom stereocenters. The van der Waals surface area contributed by atoms with Crippen LogP contribution < -0.4 is 15.8 Å². The SMILES string of the molecule is CC(C)(N)c1ccc(-c2cc3c(cc2F)nc2n3[C@@H]3C[C@H]2NC(=O)c2cccc(OC(F)(F)F)c23)cc1. The third-order valence-electron chi connectivity index (χ3n) is 7.00. The molecule has 2 bridgehead atoms. The van der Waals surface area contributed by atoms with E-state index in [0.29, 0.717) is 34.4 Å². The second kappa shape index (κ2) is 7.79. The van der Waals surface area contributed by atoms with Crippen molar-refractivity contribution >= 4 is 16.9 Å². The molecule has 1 aromatic heterocycles. The van der Waals surface area contributed by atoms with Crippen molar-refractivity contribution < 1.29 is 27.1 Å². The van der Waals surface area contributed by atoms with E-state index in [1.54, 1.807) is 22.8 Å². The Kier molecular flexibility index (Phi) is 4.94. The zero-order valence-electron chi connectivity index (χ0n) is 19.9. The van der Waals surface area contributed by atoms with Crippen LogP contribution in [0.5, 0.6) is 5.75 Å². The largest absolute Gasteiger partial charge is 0.573 e. The standard InChI is InChI=1S/C27H22F4N4O2/c1-26(2,32)14-8-6-13(7-9-14)16-10-20-18(11-17(16)28)33-24-19-12-21(35(20)24)23-15(25(36)34-19)4-3-5-22(23)37-27(29,30)31/h3-11,19,21H,12,32H2,1-2H3,(H,34,36)/t19-,21-/m1/s1. The van der Waals surface area contributed by atoms with Gasteiger partial charge < -0.3 is 20.4 Å². The molecule has 0 radical (unpaired) electrons. The van der Waals surface area contributed by atoms with Crippen molar-refractivity contribution in [2.24, 2.45) is 5.73 Å². The number of nitrogens with zero attached hydrogens (tertiary/aromatic N) is 2. The first-order valence-electron chi connectivity index (χ1n) is 11.7. The predicted octanol–water partition coefficient (Wildman–Crippen LogP) is 5.71. The topological polar surface area (TPSA) is 82.2 Å². The molecule has 0 fully saturated rings. The molecule has 3 aromatic carbocycles. The number of carbonyl (C=O) groups is 1. The van der Waals surface area contributed by atoms with Crippen LogP contribution in [0.1, 0.15) is 59.7 Å². The summed E-state index contributed by atoms with van der Waals surface area (Å²) in [7, 11) is 0. The molecule has 2 aliphatic heterocycles. The number of alkyl halides is 3. The van der Waals surface area contributed by atoms with Crippen LogP contribution in [0.25, 0.3) is 22.2 Å². The Balaban J connectivity index is 1.53. The van der Waals surface area contributed by atoms with Crippen LogP contribution in [-0.2, 0) is 5.54 Å². The average molecular weight is 510 g/mol. The number of nitrogens with two attached hydrogens (primary N) is 1. The van der Waals surface area contributed by atoms with E-state index in [4.69, 9.17) is 5.73 Å². The van der Waals surface area contributed by atoms with Crippen molar-refractivity contribution in [3.63, 3.8) is 0 Å². The van der Waals surface area contributed by atoms with Crippen molar-refractivity contribution in [1.29, 1.82) is 0 Å². The molecule has 4 aromatic rings. The van der Waals surface area contributed by atoms with Crippen molar-refractivity contribution in [2.75, 3.05) is 0 Å². The third-order valence-corrected chi connectivity index (χ3v) is 7.00. The van der Waals surface area contributed by atoms with Gasteiger partial charge in [0.25, 0.3) is 5.91 Å². The highest BCUT2D eigenvalue weighted by Crippen LogP contribution is 2.48. The monoisotopic (exact) mass is 510 g/mol. The van der Waals surface area contributed by atoms with Crippen LogP contribution in [0.4, 0.5) is 17.6 Å². The van der Waals surface area contributed by atoms with Gasteiger partial charge in [0, 0.05) is 28.3 Å². The Labute approximate surface area is 209 Å². The van der Waals surface area contributed by atoms with Crippen molar-refractivity contribution in [3.05, 3.63) is 82.9 Å². The summed E-state index contributed by atoms with van der Waals surface area (Å²) in [5.74, 6) is -0.985. The Morgan fingerprint density at radius 2 is 1.81 bits per heavy atom. The average Bonchev–Trinajstić information content (AvgIpc) is 3.28. The number of aromatic nitrogens is 2. The van der Waals surface area contributed by atoms with E-state index in [1.165, 1.54) is 24.3 Å². The fourth-order valence-corrected chi connectivity index (χ4v) is 5.35. The smallest absolute Gasteiger partial charge is 0.405 e. The fraction of sp³-hybridized carbons (Fsp3) is 0.259. The lowest BCUT2D eigenvalue weighted by atomic mass is 9.93. The quantitative estimate of drug-likeness (QED) is 0.346. The van der Waals surface area contributed by atoms with Gasteiger partial charge in [-0.1, -0.05) is 30.3 Å². The second-order valence-electron chi connectivity index (χ2n) is 10.0. The van der Waals surface area contributed by atoms with Crippen LogP contribution in [0.2, 0.25) is 0 Å². The number of amides is 1. The maximum Gasteiger partial charge on any atom is 0.573 e. The van der Waals surface area contributed by atoms with Gasteiger partial charge in [0.05, 0.1) is 23.1 Å². The van der Waals surface area contributed by atoms with E-state index in [0.717, 1.165) is 5.56 Å². The Bertz CT molecular complexity index is 1570. The van der Waals surface area contributed by atoms with Crippen molar-refractivity contribution in [1.82, 2.24) is 14.9 Å². The minimum Gasteiger partial charge on any atom is -0.405 e. The Hall–Kier alpha value is -3.92. The number of carbonyl (C=O) groups excluding carboxylic acids is 1.